The van der Waals surface area contributed by atoms with Crippen molar-refractivity contribution in [1.82, 2.24) is 30.2 Å². The van der Waals surface area contributed by atoms with Gasteiger partial charge in [0, 0.05) is 67.7 Å². The van der Waals surface area contributed by atoms with E-state index in [2.05, 4.69) is 35.8 Å². The maximum Gasteiger partial charge on any atom is 0.251 e. The van der Waals surface area contributed by atoms with Gasteiger partial charge in [-0.15, -0.1) is 0 Å². The molecule has 1 aliphatic carbocycles. The zero-order valence-electron chi connectivity index (χ0n) is 20.5. The molecule has 1 saturated carbocycles. The second-order valence-corrected chi connectivity index (χ2v) is 9.35. The van der Waals surface area contributed by atoms with Crippen LogP contribution in [-0.2, 0) is 9.59 Å². The van der Waals surface area contributed by atoms with Gasteiger partial charge in [-0.05, 0) is 49.9 Å². The van der Waals surface area contributed by atoms with Crippen molar-refractivity contribution < 1.29 is 14.4 Å². The number of carbonyl (C=O) groups excluding carboxylic acids is 3. The van der Waals surface area contributed by atoms with Gasteiger partial charge in [-0.2, -0.15) is 0 Å². The summed E-state index contributed by atoms with van der Waals surface area (Å²) in [7, 11) is 0. The van der Waals surface area contributed by atoms with Gasteiger partial charge in [0.25, 0.3) is 5.91 Å². The predicted octanol–water partition coefficient (Wildman–Crippen LogP) is 1.77. The number of imidazole rings is 1. The first kappa shape index (κ1) is 24.4. The Morgan fingerprint density at radius 1 is 0.865 bits per heavy atom. The number of aromatic nitrogens is 4. The van der Waals surface area contributed by atoms with Gasteiger partial charge in [-0.1, -0.05) is 0 Å². The molecule has 1 aromatic carbocycles. The zero-order chi connectivity index (χ0) is 25.6. The standard InChI is InChI=1S/C26H30N8O3/c35-24(18-3-5-21(6-4-18)32-26(37)19-1-2-19)28-9-10-29-25(36)20-7-12-33(13-8-20)22-15-23(31-16-30-22)34-14-11-27-17-34/h3-6,11,14-17,19-20H,1-2,7-10,12-13H2,(H,28,35)(H,29,36)(H,32,37). The van der Waals surface area contributed by atoms with Crippen molar-refractivity contribution in [3.63, 3.8) is 0 Å². The van der Waals surface area contributed by atoms with Crippen LogP contribution in [0.3, 0.4) is 0 Å². The molecule has 3 heterocycles. The van der Waals surface area contributed by atoms with Crippen LogP contribution in [-0.4, -0.2) is 63.4 Å². The number of rotatable bonds is 9. The highest BCUT2D eigenvalue weighted by Crippen LogP contribution is 2.30. The first-order valence-electron chi connectivity index (χ1n) is 12.6. The summed E-state index contributed by atoms with van der Waals surface area (Å²) in [5.41, 5.74) is 1.19. The van der Waals surface area contributed by atoms with E-state index in [1.165, 1.54) is 0 Å². The molecule has 2 aliphatic rings. The average molecular weight is 503 g/mol. The summed E-state index contributed by atoms with van der Waals surface area (Å²) in [4.78, 5) is 51.7. The highest BCUT2D eigenvalue weighted by atomic mass is 16.2. The molecule has 192 valence electrons. The first-order valence-corrected chi connectivity index (χ1v) is 12.6. The molecule has 0 radical (unpaired) electrons. The monoisotopic (exact) mass is 502 g/mol. The normalized spacial score (nSPS) is 15.7. The Morgan fingerprint density at radius 2 is 1.57 bits per heavy atom. The summed E-state index contributed by atoms with van der Waals surface area (Å²) < 4.78 is 1.83. The highest BCUT2D eigenvalue weighted by molar-refractivity contribution is 5.96. The molecule has 11 nitrogen and oxygen atoms in total. The van der Waals surface area contributed by atoms with Crippen molar-refractivity contribution in [2.75, 3.05) is 36.4 Å². The van der Waals surface area contributed by atoms with Gasteiger partial charge >= 0.3 is 0 Å². The summed E-state index contributed by atoms with van der Waals surface area (Å²) in [6, 6.07) is 8.73. The Bertz CT molecular complexity index is 1230. The molecule has 0 spiro atoms. The minimum atomic E-state index is -0.220. The number of amides is 3. The number of benzene rings is 1. The second-order valence-electron chi connectivity index (χ2n) is 9.35. The summed E-state index contributed by atoms with van der Waals surface area (Å²) in [5.74, 6) is 1.46. The van der Waals surface area contributed by atoms with Crippen LogP contribution >= 0.6 is 0 Å². The van der Waals surface area contributed by atoms with Crippen LogP contribution in [0.1, 0.15) is 36.0 Å². The lowest BCUT2D eigenvalue weighted by molar-refractivity contribution is -0.125. The first-order chi connectivity index (χ1) is 18.1. The molecule has 0 atom stereocenters. The van der Waals surface area contributed by atoms with E-state index in [0.717, 1.165) is 50.4 Å². The number of hydrogen-bond donors (Lipinski definition) is 3. The summed E-state index contributed by atoms with van der Waals surface area (Å²) in [6.45, 7) is 2.15. The van der Waals surface area contributed by atoms with Gasteiger partial charge in [0.2, 0.25) is 11.8 Å². The lowest BCUT2D eigenvalue weighted by atomic mass is 9.96. The van der Waals surface area contributed by atoms with Crippen LogP contribution in [0.5, 0.6) is 0 Å². The lowest BCUT2D eigenvalue weighted by Crippen LogP contribution is -2.42. The van der Waals surface area contributed by atoms with Crippen molar-refractivity contribution in [3.8, 4) is 5.82 Å². The topological polar surface area (TPSA) is 134 Å². The molecule has 3 aromatic rings. The van der Waals surface area contributed by atoms with Gasteiger partial charge in [0.15, 0.2) is 0 Å². The molecule has 5 rings (SSSR count). The SMILES string of the molecule is O=C(NCCNC(=O)C1CCN(c2cc(-n3ccnc3)ncn2)CC1)c1ccc(NC(=O)C2CC2)cc1. The predicted molar refractivity (Wildman–Crippen MR) is 137 cm³/mol. The van der Waals surface area contributed by atoms with Gasteiger partial charge in [0.1, 0.15) is 24.3 Å². The molecule has 3 amide bonds. The molecular weight excluding hydrogens is 472 g/mol. The van der Waals surface area contributed by atoms with Crippen LogP contribution in [0.4, 0.5) is 11.5 Å². The third-order valence-corrected chi connectivity index (χ3v) is 6.67. The van der Waals surface area contributed by atoms with Crippen molar-refractivity contribution in [1.29, 1.82) is 0 Å². The molecule has 2 fully saturated rings. The minimum Gasteiger partial charge on any atom is -0.356 e. The number of nitrogens with zero attached hydrogens (tertiary/aromatic N) is 5. The van der Waals surface area contributed by atoms with E-state index in [4.69, 9.17) is 0 Å². The van der Waals surface area contributed by atoms with E-state index < -0.39 is 0 Å². The van der Waals surface area contributed by atoms with Crippen LogP contribution < -0.4 is 20.9 Å². The second kappa shape index (κ2) is 11.2. The van der Waals surface area contributed by atoms with Crippen LogP contribution in [0.15, 0.2) is 55.4 Å². The number of hydrogen-bond acceptors (Lipinski definition) is 7. The maximum atomic E-state index is 12.6. The molecule has 11 heteroatoms. The van der Waals surface area contributed by atoms with E-state index >= 15 is 0 Å². The quantitative estimate of drug-likeness (QED) is 0.380. The largest absolute Gasteiger partial charge is 0.356 e. The van der Waals surface area contributed by atoms with Gasteiger partial charge in [-0.25, -0.2) is 15.0 Å². The number of nitrogens with one attached hydrogen (secondary N) is 3. The number of piperidine rings is 1. The lowest BCUT2D eigenvalue weighted by Gasteiger charge is -2.32. The Labute approximate surface area is 214 Å². The van der Waals surface area contributed by atoms with Crippen LogP contribution in [0.2, 0.25) is 0 Å². The van der Waals surface area contributed by atoms with Gasteiger partial charge in [-0.3, -0.25) is 19.0 Å². The van der Waals surface area contributed by atoms with Crippen LogP contribution in [0.25, 0.3) is 5.82 Å². The Hall–Kier alpha value is -4.28. The van der Waals surface area contributed by atoms with Crippen LogP contribution in [0, 0.1) is 11.8 Å². The van der Waals surface area contributed by atoms with Crippen molar-refractivity contribution in [2.24, 2.45) is 11.8 Å². The van der Waals surface area contributed by atoms with Gasteiger partial charge in [0.05, 0.1) is 0 Å². The Kier molecular flexibility index (Phi) is 7.38. The van der Waals surface area contributed by atoms with E-state index in [1.54, 1.807) is 43.1 Å². The third-order valence-electron chi connectivity index (χ3n) is 6.67. The number of anilines is 2. The fraction of sp³-hybridized carbons (Fsp3) is 0.385. The van der Waals surface area contributed by atoms with Gasteiger partial charge < -0.3 is 20.9 Å². The molecule has 3 N–H and O–H groups in total. The van der Waals surface area contributed by atoms with Crippen molar-refractivity contribution >= 4 is 29.2 Å². The average Bonchev–Trinajstić information content (AvgIpc) is 3.65. The van der Waals surface area contributed by atoms with E-state index in [9.17, 15) is 14.4 Å². The molecule has 0 bridgehead atoms. The minimum absolute atomic E-state index is 0.00597. The molecule has 0 unspecified atom stereocenters. The fourth-order valence-electron chi connectivity index (χ4n) is 4.32. The Balaban J connectivity index is 1.01. The molecule has 2 aromatic heterocycles. The Morgan fingerprint density at radius 3 is 2.27 bits per heavy atom. The summed E-state index contributed by atoms with van der Waals surface area (Å²) >= 11 is 0. The molecule has 1 aliphatic heterocycles. The smallest absolute Gasteiger partial charge is 0.251 e. The molecule has 1 saturated heterocycles. The summed E-state index contributed by atoms with van der Waals surface area (Å²) in [6.07, 6.45) is 10.1. The third kappa shape index (κ3) is 6.29. The summed E-state index contributed by atoms with van der Waals surface area (Å²) in [5, 5.41) is 8.61. The zero-order valence-corrected chi connectivity index (χ0v) is 20.5. The molecular formula is C26H30N8O3. The highest BCUT2D eigenvalue weighted by Gasteiger charge is 2.29. The van der Waals surface area contributed by atoms with Crippen molar-refractivity contribution in [2.45, 2.75) is 25.7 Å². The number of carbonyl (C=O) groups is 3. The van der Waals surface area contributed by atoms with E-state index in [0.29, 0.717) is 24.3 Å². The molecule has 37 heavy (non-hydrogen) atoms. The fourth-order valence-corrected chi connectivity index (χ4v) is 4.32. The van der Waals surface area contributed by atoms with E-state index in [1.807, 2.05) is 16.8 Å². The van der Waals surface area contributed by atoms with Crippen molar-refractivity contribution in [3.05, 3.63) is 60.9 Å². The maximum absolute atomic E-state index is 12.6. The van der Waals surface area contributed by atoms with E-state index in [-0.39, 0.29) is 29.6 Å².